The molecule has 0 saturated carbocycles. The van der Waals surface area contributed by atoms with Crippen molar-refractivity contribution in [2.24, 2.45) is 7.05 Å². The summed E-state index contributed by atoms with van der Waals surface area (Å²) in [4.78, 5) is 12.6. The molecule has 0 amide bonds. The lowest BCUT2D eigenvalue weighted by Crippen LogP contribution is -2.33. The Kier molecular flexibility index (Phi) is 6.64. The van der Waals surface area contributed by atoms with Gasteiger partial charge in [-0.3, -0.25) is 0 Å². The van der Waals surface area contributed by atoms with Gasteiger partial charge in [-0.15, -0.1) is 11.8 Å². The second kappa shape index (κ2) is 9.70. The molecule has 0 spiro atoms. The molecule has 0 bridgehead atoms. The predicted molar refractivity (Wildman–Crippen MR) is 129 cm³/mol. The highest BCUT2D eigenvalue weighted by molar-refractivity contribution is 7.99. The first kappa shape index (κ1) is 26.7. The van der Waals surface area contributed by atoms with Crippen LogP contribution in [-0.2, 0) is 13.2 Å². The number of ether oxygens (including phenoxy) is 1. The maximum Gasteiger partial charge on any atom is 0.461 e. The lowest BCUT2D eigenvalue weighted by Gasteiger charge is -2.16. The predicted octanol–water partition coefficient (Wildman–Crippen LogP) is 6.71. The van der Waals surface area contributed by atoms with Crippen molar-refractivity contribution in [3.63, 3.8) is 0 Å². The molecule has 204 valence electrons. The Morgan fingerprint density at radius 1 is 1.03 bits per heavy atom. The summed E-state index contributed by atoms with van der Waals surface area (Å²) in [6.07, 6.45) is -10.5. The Balaban J connectivity index is 1.60. The number of pyridine rings is 1. The molecule has 0 N–H and O–H groups in total. The summed E-state index contributed by atoms with van der Waals surface area (Å²) >= 11 is 1.39. The molecular weight excluding hydrogens is 553 g/mol. The minimum absolute atomic E-state index is 0.0916. The minimum Gasteiger partial charge on any atom is -0.428 e. The quantitative estimate of drug-likeness (QED) is 0.160. The smallest absolute Gasteiger partial charge is 0.428 e. The van der Waals surface area contributed by atoms with Crippen LogP contribution in [0, 0.1) is 0 Å². The SMILES string of the molecule is CCSc1nn2ccc(-c3ccc(OC(F)(F)C(F)F)cc3)nc2c1-c1nc2cc(C(F)(F)F)ncc2n1C. The molecule has 1 aromatic carbocycles. The third-order valence-electron chi connectivity index (χ3n) is 5.67. The second-order valence-electron chi connectivity index (χ2n) is 8.23. The van der Waals surface area contributed by atoms with Gasteiger partial charge < -0.3 is 9.30 Å². The van der Waals surface area contributed by atoms with Crippen LogP contribution in [0.15, 0.2) is 53.8 Å². The number of hydrogen-bond donors (Lipinski definition) is 0. The number of aryl methyl sites for hydroxylation is 1. The molecular formula is C24H17F7N6OS. The molecule has 0 fully saturated rings. The van der Waals surface area contributed by atoms with E-state index >= 15 is 0 Å². The molecule has 0 unspecified atom stereocenters. The molecule has 0 aliphatic carbocycles. The van der Waals surface area contributed by atoms with Gasteiger partial charge in [0.2, 0.25) is 0 Å². The van der Waals surface area contributed by atoms with Gasteiger partial charge in [0.1, 0.15) is 22.3 Å². The van der Waals surface area contributed by atoms with E-state index in [-0.39, 0.29) is 5.52 Å². The van der Waals surface area contributed by atoms with Crippen LogP contribution in [0.1, 0.15) is 12.6 Å². The van der Waals surface area contributed by atoms with Gasteiger partial charge in [-0.05, 0) is 42.2 Å². The fourth-order valence-electron chi connectivity index (χ4n) is 3.87. The van der Waals surface area contributed by atoms with Gasteiger partial charge in [0.05, 0.1) is 28.5 Å². The number of aromatic nitrogens is 6. The topological polar surface area (TPSA) is 70.1 Å². The highest BCUT2D eigenvalue weighted by Crippen LogP contribution is 2.37. The van der Waals surface area contributed by atoms with Crippen LogP contribution in [0.5, 0.6) is 5.75 Å². The van der Waals surface area contributed by atoms with Gasteiger partial charge in [0, 0.05) is 18.8 Å². The Morgan fingerprint density at radius 3 is 2.38 bits per heavy atom. The van der Waals surface area contributed by atoms with E-state index in [1.54, 1.807) is 23.9 Å². The first-order valence-electron chi connectivity index (χ1n) is 11.3. The summed E-state index contributed by atoms with van der Waals surface area (Å²) in [5.41, 5.74) is 1.07. The van der Waals surface area contributed by atoms with Crippen molar-refractivity contribution in [2.75, 3.05) is 5.75 Å². The van der Waals surface area contributed by atoms with Gasteiger partial charge in [-0.25, -0.2) is 19.5 Å². The average Bonchev–Trinajstić information content (AvgIpc) is 3.39. The number of imidazole rings is 1. The molecule has 0 radical (unpaired) electrons. The number of rotatable bonds is 7. The van der Waals surface area contributed by atoms with Crippen molar-refractivity contribution in [3.8, 4) is 28.4 Å². The summed E-state index contributed by atoms with van der Waals surface area (Å²) < 4.78 is 98.2. The van der Waals surface area contributed by atoms with Crippen LogP contribution in [0.2, 0.25) is 0 Å². The molecule has 0 atom stereocenters. The first-order valence-corrected chi connectivity index (χ1v) is 12.2. The zero-order valence-corrected chi connectivity index (χ0v) is 20.9. The number of alkyl halides is 7. The van der Waals surface area contributed by atoms with Gasteiger partial charge in [0.25, 0.3) is 0 Å². The summed E-state index contributed by atoms with van der Waals surface area (Å²) in [7, 11) is 1.64. The molecule has 5 aromatic rings. The van der Waals surface area contributed by atoms with E-state index in [0.29, 0.717) is 44.6 Å². The molecule has 15 heteroatoms. The highest BCUT2D eigenvalue weighted by Gasteiger charge is 2.44. The van der Waals surface area contributed by atoms with Crippen molar-refractivity contribution in [1.29, 1.82) is 0 Å². The molecule has 39 heavy (non-hydrogen) atoms. The van der Waals surface area contributed by atoms with E-state index in [9.17, 15) is 30.7 Å². The van der Waals surface area contributed by atoms with Gasteiger partial charge in [0.15, 0.2) is 5.65 Å². The molecule has 5 rings (SSSR count). The van der Waals surface area contributed by atoms with Crippen molar-refractivity contribution < 1.29 is 35.5 Å². The van der Waals surface area contributed by atoms with Crippen LogP contribution in [0.4, 0.5) is 30.7 Å². The standard InChI is InChI=1S/C24H17F7N6OS/c1-3-39-21-18(19-34-15-10-17(23(27,28)29)32-11-16(15)36(19)2)20-33-14(8-9-37(20)35-21)12-4-6-13(7-5-12)38-24(30,31)22(25)26/h4-11,22H,3H2,1-2H3. The zero-order valence-electron chi connectivity index (χ0n) is 20.0. The Bertz CT molecular complexity index is 1660. The van der Waals surface area contributed by atoms with E-state index in [0.717, 1.165) is 24.4 Å². The van der Waals surface area contributed by atoms with Crippen LogP contribution in [0.25, 0.3) is 39.3 Å². The van der Waals surface area contributed by atoms with E-state index < -0.39 is 30.2 Å². The molecule has 0 aliphatic rings. The zero-order chi connectivity index (χ0) is 28.1. The van der Waals surface area contributed by atoms with Gasteiger partial charge >= 0.3 is 18.7 Å². The third kappa shape index (κ3) is 4.97. The number of fused-ring (bicyclic) bond motifs is 2. The Hall–Kier alpha value is -3.88. The minimum atomic E-state index is -4.64. The van der Waals surface area contributed by atoms with E-state index in [1.807, 2.05) is 6.92 Å². The lowest BCUT2D eigenvalue weighted by molar-refractivity contribution is -0.253. The number of hydrogen-bond acceptors (Lipinski definition) is 6. The normalized spacial score (nSPS) is 12.7. The fraction of sp³-hybridized carbons (Fsp3) is 0.250. The summed E-state index contributed by atoms with van der Waals surface area (Å²) in [6, 6.07) is 7.48. The largest absolute Gasteiger partial charge is 0.461 e. The molecule has 0 aliphatic heterocycles. The number of halogens is 7. The highest BCUT2D eigenvalue weighted by atomic mass is 32.2. The maximum absolute atomic E-state index is 13.2. The summed E-state index contributed by atoms with van der Waals surface area (Å²) in [5.74, 6) is 0.501. The van der Waals surface area contributed by atoms with Crippen LogP contribution in [-0.4, -0.2) is 47.4 Å². The van der Waals surface area contributed by atoms with Crippen LogP contribution >= 0.6 is 11.8 Å². The molecule has 4 heterocycles. The van der Waals surface area contributed by atoms with Crippen molar-refractivity contribution in [3.05, 3.63) is 54.5 Å². The summed E-state index contributed by atoms with van der Waals surface area (Å²) in [5, 5.41) is 5.09. The number of benzene rings is 1. The van der Waals surface area contributed by atoms with Crippen LogP contribution in [0.3, 0.4) is 0 Å². The lowest BCUT2D eigenvalue weighted by atomic mass is 10.1. The van der Waals surface area contributed by atoms with Crippen molar-refractivity contribution in [2.45, 2.75) is 30.7 Å². The monoisotopic (exact) mass is 570 g/mol. The fourth-order valence-corrected chi connectivity index (χ4v) is 4.61. The molecule has 7 nitrogen and oxygen atoms in total. The Labute approximate surface area is 219 Å². The van der Waals surface area contributed by atoms with Crippen molar-refractivity contribution in [1.82, 2.24) is 29.1 Å². The second-order valence-corrected chi connectivity index (χ2v) is 9.49. The van der Waals surface area contributed by atoms with E-state index in [1.165, 1.54) is 28.4 Å². The number of nitrogens with zero attached hydrogens (tertiary/aromatic N) is 6. The first-order chi connectivity index (χ1) is 18.4. The maximum atomic E-state index is 13.2. The van der Waals surface area contributed by atoms with Gasteiger partial charge in [-0.2, -0.15) is 35.8 Å². The molecule has 0 saturated heterocycles. The third-order valence-corrected chi connectivity index (χ3v) is 6.52. The van der Waals surface area contributed by atoms with Crippen LogP contribution < -0.4 is 4.74 Å². The van der Waals surface area contributed by atoms with E-state index in [4.69, 9.17) is 0 Å². The van der Waals surface area contributed by atoms with E-state index in [2.05, 4.69) is 24.8 Å². The number of thioether (sulfide) groups is 1. The average molecular weight is 570 g/mol. The van der Waals surface area contributed by atoms with Crippen molar-refractivity contribution >= 4 is 28.4 Å². The summed E-state index contributed by atoms with van der Waals surface area (Å²) in [6.45, 7) is 1.91. The van der Waals surface area contributed by atoms with Gasteiger partial charge in [-0.1, -0.05) is 6.92 Å². The Morgan fingerprint density at radius 2 is 1.74 bits per heavy atom. The molecule has 4 aromatic heterocycles.